The van der Waals surface area contributed by atoms with Crippen molar-refractivity contribution in [3.05, 3.63) is 206 Å². The van der Waals surface area contributed by atoms with E-state index in [2.05, 4.69) is 204 Å². The van der Waals surface area contributed by atoms with Gasteiger partial charge >= 0.3 is 0 Å². The fourth-order valence-corrected chi connectivity index (χ4v) is 8.29. The topological polar surface area (TPSA) is 21.3 Å². The quantitative estimate of drug-likeness (QED) is 0.172. The van der Waals surface area contributed by atoms with E-state index in [0.717, 1.165) is 55.8 Å². The van der Waals surface area contributed by atoms with Crippen molar-refractivity contribution >= 4 is 71.6 Å². The predicted molar refractivity (Wildman–Crippen MR) is 231 cm³/mol. The summed E-state index contributed by atoms with van der Waals surface area (Å²) in [6, 6.07) is 74.0. The SMILES string of the molecule is c1ccc(N(c2ccc(-c3ccc4ccccc4c3)cc2)c2cccc(-c3ccc(-n4c5ccccc5c5cc6oc7ccccc7c6cc54)cc3)c2)cc1. The van der Waals surface area contributed by atoms with Gasteiger partial charge in [0.05, 0.1) is 11.0 Å². The molecule has 9 aromatic carbocycles. The van der Waals surface area contributed by atoms with E-state index >= 15 is 0 Å². The molecule has 0 atom stereocenters. The first-order chi connectivity index (χ1) is 27.2. The molecule has 0 aliphatic heterocycles. The van der Waals surface area contributed by atoms with Crippen molar-refractivity contribution in [3.8, 4) is 27.9 Å². The van der Waals surface area contributed by atoms with Crippen molar-refractivity contribution in [1.29, 1.82) is 0 Å². The first-order valence-corrected chi connectivity index (χ1v) is 18.7. The molecule has 0 radical (unpaired) electrons. The minimum atomic E-state index is 0.913. The summed E-state index contributed by atoms with van der Waals surface area (Å²) in [5, 5.41) is 7.17. The molecule has 0 aliphatic rings. The highest BCUT2D eigenvalue weighted by atomic mass is 16.3. The van der Waals surface area contributed by atoms with Crippen LogP contribution >= 0.6 is 0 Å². The molecule has 3 nitrogen and oxygen atoms in total. The van der Waals surface area contributed by atoms with Crippen LogP contribution in [0.5, 0.6) is 0 Å². The van der Waals surface area contributed by atoms with Gasteiger partial charge in [-0.15, -0.1) is 0 Å². The number of benzene rings is 9. The largest absolute Gasteiger partial charge is 0.456 e. The Morgan fingerprint density at radius 2 is 0.964 bits per heavy atom. The van der Waals surface area contributed by atoms with E-state index in [1.807, 2.05) is 12.1 Å². The molecule has 2 aromatic heterocycles. The van der Waals surface area contributed by atoms with E-state index in [1.54, 1.807) is 0 Å². The Kier molecular flexibility index (Phi) is 7.17. The molecule has 0 saturated heterocycles. The second-order valence-electron chi connectivity index (χ2n) is 14.2. The number of nitrogens with zero attached hydrogens (tertiary/aromatic N) is 2. The first-order valence-electron chi connectivity index (χ1n) is 18.7. The molecule has 11 aromatic rings. The molecule has 11 rings (SSSR count). The molecule has 0 unspecified atom stereocenters. The summed E-state index contributed by atoms with van der Waals surface area (Å²) in [6.07, 6.45) is 0. The van der Waals surface area contributed by atoms with Gasteiger partial charge in [-0.25, -0.2) is 0 Å². The zero-order valence-electron chi connectivity index (χ0n) is 29.9. The van der Waals surface area contributed by atoms with Crippen LogP contribution in [0.1, 0.15) is 0 Å². The van der Waals surface area contributed by atoms with Gasteiger partial charge in [0.15, 0.2) is 0 Å². The lowest BCUT2D eigenvalue weighted by Gasteiger charge is -2.26. The lowest BCUT2D eigenvalue weighted by Crippen LogP contribution is -2.09. The monoisotopic (exact) mass is 702 g/mol. The van der Waals surface area contributed by atoms with Crippen LogP contribution < -0.4 is 4.90 Å². The van der Waals surface area contributed by atoms with Gasteiger partial charge in [0.1, 0.15) is 11.2 Å². The lowest BCUT2D eigenvalue weighted by molar-refractivity contribution is 0.669. The normalized spacial score (nSPS) is 11.6. The van der Waals surface area contributed by atoms with Gasteiger partial charge in [-0.1, -0.05) is 127 Å². The minimum Gasteiger partial charge on any atom is -0.456 e. The van der Waals surface area contributed by atoms with Crippen LogP contribution in [0, 0.1) is 0 Å². The number of rotatable bonds is 6. The van der Waals surface area contributed by atoms with Crippen LogP contribution in [0.15, 0.2) is 211 Å². The Morgan fingerprint density at radius 3 is 1.80 bits per heavy atom. The van der Waals surface area contributed by atoms with E-state index in [0.29, 0.717) is 0 Å². The molecule has 0 N–H and O–H groups in total. The van der Waals surface area contributed by atoms with Gasteiger partial charge in [0.2, 0.25) is 0 Å². The van der Waals surface area contributed by atoms with Crippen molar-refractivity contribution in [1.82, 2.24) is 4.57 Å². The second-order valence-corrected chi connectivity index (χ2v) is 14.2. The van der Waals surface area contributed by atoms with Crippen molar-refractivity contribution < 1.29 is 4.42 Å². The van der Waals surface area contributed by atoms with Crippen LogP contribution in [0.3, 0.4) is 0 Å². The first kappa shape index (κ1) is 31.2. The third-order valence-electron chi connectivity index (χ3n) is 11.0. The van der Waals surface area contributed by atoms with Gasteiger partial charge < -0.3 is 13.9 Å². The van der Waals surface area contributed by atoms with E-state index < -0.39 is 0 Å². The summed E-state index contributed by atoms with van der Waals surface area (Å²) < 4.78 is 8.68. The van der Waals surface area contributed by atoms with Crippen LogP contribution in [-0.2, 0) is 0 Å². The third kappa shape index (κ3) is 5.28. The Hall–Kier alpha value is -7.36. The number of aromatic nitrogens is 1. The van der Waals surface area contributed by atoms with Crippen LogP contribution in [-0.4, -0.2) is 4.57 Å². The van der Waals surface area contributed by atoms with E-state index in [9.17, 15) is 0 Å². The highest BCUT2D eigenvalue weighted by Crippen LogP contribution is 2.40. The van der Waals surface area contributed by atoms with E-state index in [4.69, 9.17) is 4.42 Å². The highest BCUT2D eigenvalue weighted by Gasteiger charge is 2.17. The Balaban J connectivity index is 0.968. The number of hydrogen-bond donors (Lipinski definition) is 0. The van der Waals surface area contributed by atoms with Gasteiger partial charge in [-0.2, -0.15) is 0 Å². The van der Waals surface area contributed by atoms with Crippen LogP contribution in [0.2, 0.25) is 0 Å². The average Bonchev–Trinajstić information content (AvgIpc) is 3.78. The fraction of sp³-hybridized carbons (Fsp3) is 0. The van der Waals surface area contributed by atoms with Crippen molar-refractivity contribution in [2.75, 3.05) is 4.90 Å². The maximum atomic E-state index is 6.30. The van der Waals surface area contributed by atoms with Crippen LogP contribution in [0.4, 0.5) is 17.1 Å². The molecule has 258 valence electrons. The second kappa shape index (κ2) is 12.6. The molecular formula is C52H34N2O. The lowest BCUT2D eigenvalue weighted by atomic mass is 10.0. The van der Waals surface area contributed by atoms with Crippen molar-refractivity contribution in [3.63, 3.8) is 0 Å². The summed E-state index contributed by atoms with van der Waals surface area (Å²) in [6.45, 7) is 0. The summed E-state index contributed by atoms with van der Waals surface area (Å²) in [4.78, 5) is 2.33. The molecule has 0 amide bonds. The average molecular weight is 703 g/mol. The maximum absolute atomic E-state index is 6.30. The number of hydrogen-bond acceptors (Lipinski definition) is 2. The molecule has 55 heavy (non-hydrogen) atoms. The molecule has 3 heteroatoms. The summed E-state index contributed by atoms with van der Waals surface area (Å²) in [5.41, 5.74) is 13.3. The summed E-state index contributed by atoms with van der Waals surface area (Å²) >= 11 is 0. The minimum absolute atomic E-state index is 0.913. The summed E-state index contributed by atoms with van der Waals surface area (Å²) in [5.74, 6) is 0. The molecular weight excluding hydrogens is 669 g/mol. The molecule has 2 heterocycles. The molecule has 0 spiro atoms. The zero-order valence-corrected chi connectivity index (χ0v) is 29.9. The Bertz CT molecular complexity index is 3190. The third-order valence-corrected chi connectivity index (χ3v) is 11.0. The number of para-hydroxylation sites is 3. The van der Waals surface area contributed by atoms with Crippen molar-refractivity contribution in [2.45, 2.75) is 0 Å². The number of fused-ring (bicyclic) bond motifs is 7. The smallest absolute Gasteiger partial charge is 0.136 e. The van der Waals surface area contributed by atoms with Gasteiger partial charge in [0.25, 0.3) is 0 Å². The number of furan rings is 1. The van der Waals surface area contributed by atoms with E-state index in [-0.39, 0.29) is 0 Å². The van der Waals surface area contributed by atoms with Gasteiger partial charge in [0, 0.05) is 44.3 Å². The maximum Gasteiger partial charge on any atom is 0.136 e. The molecule has 0 saturated carbocycles. The fourth-order valence-electron chi connectivity index (χ4n) is 8.29. The van der Waals surface area contributed by atoms with Gasteiger partial charge in [-0.05, 0) is 112 Å². The molecule has 0 fully saturated rings. The van der Waals surface area contributed by atoms with E-state index in [1.165, 1.54) is 43.7 Å². The zero-order chi connectivity index (χ0) is 36.3. The van der Waals surface area contributed by atoms with Crippen molar-refractivity contribution in [2.24, 2.45) is 0 Å². The Labute approximate surface area is 318 Å². The number of anilines is 3. The molecule has 0 aliphatic carbocycles. The standard InChI is InChI=1S/C52H34N2O/c1-2-14-41(15-3-1)53(42-27-23-37(24-28-42)40-22-21-35-11-4-5-12-38(35)31-40)44-16-10-13-39(32-44)36-25-29-43(30-26-36)54-49-19-8-6-17-45(49)47-34-52-48(33-50(47)54)46-18-7-9-20-51(46)55-52/h1-34H. The predicted octanol–water partition coefficient (Wildman–Crippen LogP) is 14.6. The molecule has 0 bridgehead atoms. The van der Waals surface area contributed by atoms with Crippen LogP contribution in [0.25, 0.3) is 82.5 Å². The highest BCUT2D eigenvalue weighted by molar-refractivity contribution is 6.17. The van der Waals surface area contributed by atoms with Gasteiger partial charge in [-0.3, -0.25) is 0 Å². The summed E-state index contributed by atoms with van der Waals surface area (Å²) in [7, 11) is 0. The Morgan fingerprint density at radius 1 is 0.327 bits per heavy atom.